The van der Waals surface area contributed by atoms with Gasteiger partial charge in [-0.1, -0.05) is 5.16 Å². The van der Waals surface area contributed by atoms with E-state index in [1.54, 1.807) is 6.07 Å². The normalized spacial score (nSPS) is 17.2. The van der Waals surface area contributed by atoms with Gasteiger partial charge in [0, 0.05) is 6.92 Å². The number of cyclic esters (lactones) is 1. The number of rotatable bonds is 4. The summed E-state index contributed by atoms with van der Waals surface area (Å²) in [6.07, 6.45) is 0.100. The molecule has 0 radical (unpaired) electrons. The van der Waals surface area contributed by atoms with Crippen LogP contribution in [0.2, 0.25) is 0 Å². The van der Waals surface area contributed by atoms with Crippen molar-refractivity contribution in [2.75, 3.05) is 18.0 Å². The second-order valence-electron chi connectivity index (χ2n) is 4.96. The third kappa shape index (κ3) is 3.12. The fourth-order valence-electron chi connectivity index (χ4n) is 2.23. The average molecular weight is 320 g/mol. The molecule has 1 aliphatic heterocycles. The molecule has 0 bridgehead atoms. The molecule has 8 nitrogen and oxygen atoms in total. The standard InChI is InChI=1S/C14H13FN4O4/c1-8(20)16-5-10-6-19(14(21)22-10)9-2-3-11(12(15)4-9)13-17-7-18-23-13/h2-4,7,10H,5-6H2,1H3,(H,16,20)/t10-/m0/s1. The van der Waals surface area contributed by atoms with Gasteiger partial charge < -0.3 is 14.6 Å². The zero-order valence-electron chi connectivity index (χ0n) is 12.2. The third-order valence-corrected chi connectivity index (χ3v) is 3.31. The lowest BCUT2D eigenvalue weighted by Gasteiger charge is -2.13. The number of nitrogens with one attached hydrogen (secondary N) is 1. The predicted octanol–water partition coefficient (Wildman–Crippen LogP) is 1.34. The molecule has 1 saturated heterocycles. The van der Waals surface area contributed by atoms with E-state index in [2.05, 4.69) is 15.5 Å². The molecular weight excluding hydrogens is 307 g/mol. The van der Waals surface area contributed by atoms with Gasteiger partial charge in [-0.15, -0.1) is 0 Å². The smallest absolute Gasteiger partial charge is 0.414 e. The van der Waals surface area contributed by atoms with Crippen LogP contribution in [0.3, 0.4) is 0 Å². The van der Waals surface area contributed by atoms with E-state index in [4.69, 9.17) is 9.26 Å². The molecule has 9 heteroatoms. The van der Waals surface area contributed by atoms with Gasteiger partial charge in [0.15, 0.2) is 6.33 Å². The molecule has 1 aromatic heterocycles. The summed E-state index contributed by atoms with van der Waals surface area (Å²) in [5, 5.41) is 6.00. The molecule has 120 valence electrons. The Morgan fingerprint density at radius 3 is 3.00 bits per heavy atom. The summed E-state index contributed by atoms with van der Waals surface area (Å²) in [6.45, 7) is 1.80. The van der Waals surface area contributed by atoms with Crippen LogP contribution < -0.4 is 10.2 Å². The van der Waals surface area contributed by atoms with Crippen molar-refractivity contribution in [1.82, 2.24) is 15.5 Å². The number of ether oxygens (including phenoxy) is 1. The van der Waals surface area contributed by atoms with Gasteiger partial charge in [-0.3, -0.25) is 9.69 Å². The minimum absolute atomic E-state index is 0.0570. The van der Waals surface area contributed by atoms with E-state index in [-0.39, 0.29) is 30.5 Å². The molecule has 0 aliphatic carbocycles. The Morgan fingerprint density at radius 1 is 1.52 bits per heavy atom. The van der Waals surface area contributed by atoms with Crippen LogP contribution in [0.5, 0.6) is 0 Å². The van der Waals surface area contributed by atoms with Crippen LogP contribution >= 0.6 is 0 Å². The van der Waals surface area contributed by atoms with E-state index in [0.717, 1.165) is 0 Å². The first-order valence-corrected chi connectivity index (χ1v) is 6.84. The summed E-state index contributed by atoms with van der Waals surface area (Å²) in [7, 11) is 0. The lowest BCUT2D eigenvalue weighted by atomic mass is 10.1. The summed E-state index contributed by atoms with van der Waals surface area (Å²) >= 11 is 0. The van der Waals surface area contributed by atoms with Crippen molar-refractivity contribution < 1.29 is 23.2 Å². The van der Waals surface area contributed by atoms with Crippen LogP contribution in [-0.4, -0.2) is 41.3 Å². The molecule has 1 aromatic carbocycles. The summed E-state index contributed by atoms with van der Waals surface area (Å²) in [5.41, 5.74) is 0.495. The number of hydrogen-bond acceptors (Lipinski definition) is 6. The van der Waals surface area contributed by atoms with Gasteiger partial charge in [0.25, 0.3) is 5.89 Å². The molecule has 23 heavy (non-hydrogen) atoms. The van der Waals surface area contributed by atoms with Crippen LogP contribution in [0.25, 0.3) is 11.5 Å². The second-order valence-corrected chi connectivity index (χ2v) is 4.96. The Hall–Kier alpha value is -2.97. The van der Waals surface area contributed by atoms with E-state index in [9.17, 15) is 14.0 Å². The minimum atomic E-state index is -0.593. The lowest BCUT2D eigenvalue weighted by Crippen LogP contribution is -2.33. The maximum atomic E-state index is 14.2. The SMILES string of the molecule is CC(=O)NC[C@H]1CN(c2ccc(-c3ncno3)c(F)c2)C(=O)O1. The zero-order valence-corrected chi connectivity index (χ0v) is 12.2. The van der Waals surface area contributed by atoms with Crippen LogP contribution in [0.15, 0.2) is 29.0 Å². The van der Waals surface area contributed by atoms with Crippen molar-refractivity contribution in [2.24, 2.45) is 0 Å². The van der Waals surface area contributed by atoms with Crippen LogP contribution in [0, 0.1) is 5.82 Å². The van der Waals surface area contributed by atoms with Gasteiger partial charge in [-0.25, -0.2) is 9.18 Å². The molecule has 1 fully saturated rings. The molecule has 0 spiro atoms. The molecule has 1 aliphatic rings. The molecule has 1 N–H and O–H groups in total. The molecule has 3 rings (SSSR count). The average Bonchev–Trinajstić information content (AvgIpc) is 3.14. The predicted molar refractivity (Wildman–Crippen MR) is 76.0 cm³/mol. The quantitative estimate of drug-likeness (QED) is 0.913. The topological polar surface area (TPSA) is 97.6 Å². The minimum Gasteiger partial charge on any atom is -0.442 e. The monoisotopic (exact) mass is 320 g/mol. The highest BCUT2D eigenvalue weighted by atomic mass is 19.1. The number of aromatic nitrogens is 2. The largest absolute Gasteiger partial charge is 0.442 e. The Bertz CT molecular complexity index is 734. The molecule has 0 unspecified atom stereocenters. The van der Waals surface area contributed by atoms with Gasteiger partial charge >= 0.3 is 6.09 Å². The van der Waals surface area contributed by atoms with E-state index in [1.165, 1.54) is 30.3 Å². The van der Waals surface area contributed by atoms with Crippen LogP contribution in [0.1, 0.15) is 6.92 Å². The molecular formula is C14H13FN4O4. The van der Waals surface area contributed by atoms with Crippen molar-refractivity contribution in [3.8, 4) is 11.5 Å². The summed E-state index contributed by atoms with van der Waals surface area (Å²) in [5.74, 6) is -0.749. The highest BCUT2D eigenvalue weighted by molar-refractivity contribution is 5.90. The van der Waals surface area contributed by atoms with Crippen molar-refractivity contribution in [1.29, 1.82) is 0 Å². The Balaban J connectivity index is 1.76. The third-order valence-electron chi connectivity index (χ3n) is 3.31. The molecule has 2 heterocycles. The fourth-order valence-corrected chi connectivity index (χ4v) is 2.23. The van der Waals surface area contributed by atoms with Gasteiger partial charge in [-0.05, 0) is 18.2 Å². The Kier molecular flexibility index (Phi) is 3.92. The number of benzene rings is 1. The second kappa shape index (κ2) is 6.03. The van der Waals surface area contributed by atoms with Gasteiger partial charge in [0.05, 0.1) is 24.3 Å². The number of anilines is 1. The molecule has 2 aromatic rings. The maximum Gasteiger partial charge on any atom is 0.414 e. The Labute approximate surface area is 130 Å². The van der Waals surface area contributed by atoms with Crippen molar-refractivity contribution >= 4 is 17.7 Å². The number of nitrogens with zero attached hydrogens (tertiary/aromatic N) is 3. The zero-order chi connectivity index (χ0) is 16.4. The lowest BCUT2D eigenvalue weighted by molar-refractivity contribution is -0.119. The highest BCUT2D eigenvalue weighted by Crippen LogP contribution is 2.27. The van der Waals surface area contributed by atoms with E-state index < -0.39 is 18.0 Å². The highest BCUT2D eigenvalue weighted by Gasteiger charge is 2.32. The fraction of sp³-hybridized carbons (Fsp3) is 0.286. The van der Waals surface area contributed by atoms with Crippen molar-refractivity contribution in [2.45, 2.75) is 13.0 Å². The van der Waals surface area contributed by atoms with Crippen molar-refractivity contribution in [3.05, 3.63) is 30.3 Å². The van der Waals surface area contributed by atoms with Crippen molar-refractivity contribution in [3.63, 3.8) is 0 Å². The number of carbonyl (C=O) groups excluding carboxylic acids is 2. The number of carbonyl (C=O) groups is 2. The van der Waals surface area contributed by atoms with Gasteiger partial charge in [0.2, 0.25) is 5.91 Å². The first-order chi connectivity index (χ1) is 11.0. The number of halogens is 1. The van der Waals surface area contributed by atoms with Crippen LogP contribution in [0.4, 0.5) is 14.9 Å². The molecule has 2 amide bonds. The van der Waals surface area contributed by atoms with Crippen LogP contribution in [-0.2, 0) is 9.53 Å². The first-order valence-electron chi connectivity index (χ1n) is 6.84. The van der Waals surface area contributed by atoms with E-state index >= 15 is 0 Å². The number of hydrogen-bond donors (Lipinski definition) is 1. The summed E-state index contributed by atoms with van der Waals surface area (Å²) in [4.78, 5) is 27.9. The maximum absolute atomic E-state index is 14.2. The Morgan fingerprint density at radius 2 is 2.35 bits per heavy atom. The van der Waals surface area contributed by atoms with E-state index in [0.29, 0.717) is 5.69 Å². The number of amides is 2. The summed E-state index contributed by atoms with van der Waals surface area (Å²) in [6, 6.07) is 4.21. The first kappa shape index (κ1) is 14.9. The van der Waals surface area contributed by atoms with Gasteiger partial charge in [0.1, 0.15) is 11.9 Å². The van der Waals surface area contributed by atoms with E-state index in [1.807, 2.05) is 0 Å². The van der Waals surface area contributed by atoms with Gasteiger partial charge in [-0.2, -0.15) is 4.98 Å². The molecule has 1 atom stereocenters. The molecule has 0 saturated carbocycles. The summed E-state index contributed by atoms with van der Waals surface area (Å²) < 4.78 is 24.1.